The molecule has 0 fully saturated rings. The van der Waals surface area contributed by atoms with Gasteiger partial charge in [0, 0.05) is 60.3 Å². The van der Waals surface area contributed by atoms with Crippen molar-refractivity contribution in [2.24, 2.45) is 0 Å². The van der Waals surface area contributed by atoms with Crippen molar-refractivity contribution in [2.45, 2.75) is 13.2 Å². The fourth-order valence-corrected chi connectivity index (χ4v) is 13.7. The molecular weight excluding hydrogens is 1020 g/mol. The van der Waals surface area contributed by atoms with E-state index in [1.54, 1.807) is 0 Å². The van der Waals surface area contributed by atoms with Crippen LogP contribution in [0.4, 0.5) is 0 Å². The first-order valence-corrected chi connectivity index (χ1v) is 29.0. The first kappa shape index (κ1) is 48.1. The summed E-state index contributed by atoms with van der Waals surface area (Å²) in [5, 5.41) is 11.8. The Bertz CT molecular complexity index is 5480. The topological polar surface area (TPSA) is 31.2 Å². The third kappa shape index (κ3) is 7.61. The van der Waals surface area contributed by atoms with E-state index < -0.39 is 0 Å². The van der Waals surface area contributed by atoms with Gasteiger partial charge in [-0.2, -0.15) is 0 Å². The summed E-state index contributed by atoms with van der Waals surface area (Å²) in [6.07, 6.45) is 3.31. The minimum absolute atomic E-state index is 0.880. The number of hydrogen-bond donors (Lipinski definition) is 0. The van der Waals surface area contributed by atoms with Gasteiger partial charge >= 0.3 is 0 Å². The molecule has 17 rings (SSSR count). The van der Waals surface area contributed by atoms with Gasteiger partial charge in [-0.25, -0.2) is 0 Å². The van der Waals surface area contributed by atoms with Crippen molar-refractivity contribution >= 4 is 95.8 Å². The Morgan fingerprint density at radius 1 is 0.310 bits per heavy atom. The SMILES string of the molecule is Cc1cccc(-c2cccc3c2oc2c(-c4ccc5c6ccc(-c7cccc8c7oc7c(-c9ccccc9)cccc78)cc6n(-c6ccc(-c7ccc8c(-c9ccccc9)c9c(c(-c%10ccccc%10)c8c7)=CC[B]C=9)cc6)c5c4)cccc23)c1. The molecule has 0 saturated heterocycles. The molecule has 0 saturated carbocycles. The summed E-state index contributed by atoms with van der Waals surface area (Å²) in [6, 6.07) is 97.3. The summed E-state index contributed by atoms with van der Waals surface area (Å²) >= 11 is 0. The summed E-state index contributed by atoms with van der Waals surface area (Å²) in [5.41, 5.74) is 24.1. The first-order valence-electron chi connectivity index (χ1n) is 29.0. The van der Waals surface area contributed by atoms with Crippen molar-refractivity contribution in [3.63, 3.8) is 0 Å². The number of benzene rings is 13. The smallest absolute Gasteiger partial charge is 0.146 e. The Hall–Kier alpha value is -10.7. The summed E-state index contributed by atoms with van der Waals surface area (Å²) in [7, 11) is 2.29. The van der Waals surface area contributed by atoms with Crippen LogP contribution in [0.25, 0.3) is 172 Å². The molecule has 0 amide bonds. The molecule has 3 nitrogen and oxygen atoms in total. The quantitative estimate of drug-likeness (QED) is 0.142. The van der Waals surface area contributed by atoms with Gasteiger partial charge in [0.15, 0.2) is 0 Å². The van der Waals surface area contributed by atoms with E-state index in [4.69, 9.17) is 8.83 Å². The Morgan fingerprint density at radius 3 is 1.26 bits per heavy atom. The van der Waals surface area contributed by atoms with Gasteiger partial charge in [-0.1, -0.05) is 255 Å². The highest BCUT2D eigenvalue weighted by Gasteiger charge is 2.22. The van der Waals surface area contributed by atoms with Crippen LogP contribution in [0, 0.1) is 6.92 Å². The average molecular weight is 1070 g/mol. The van der Waals surface area contributed by atoms with Gasteiger partial charge in [0.25, 0.3) is 0 Å². The van der Waals surface area contributed by atoms with Crippen LogP contribution in [0.2, 0.25) is 6.32 Å². The van der Waals surface area contributed by atoms with Crippen LogP contribution in [-0.4, -0.2) is 11.8 Å². The first-order chi connectivity index (χ1) is 41.6. The summed E-state index contributed by atoms with van der Waals surface area (Å²) in [4.78, 5) is 0. The van der Waals surface area contributed by atoms with Crippen molar-refractivity contribution in [3.05, 3.63) is 283 Å². The molecule has 3 aromatic heterocycles. The minimum atomic E-state index is 0.880. The van der Waals surface area contributed by atoms with Crippen LogP contribution in [0.15, 0.2) is 276 Å². The van der Waals surface area contributed by atoms with Crippen LogP contribution in [0.1, 0.15) is 5.56 Å². The van der Waals surface area contributed by atoms with Crippen molar-refractivity contribution < 1.29 is 8.83 Å². The maximum atomic E-state index is 7.05. The van der Waals surface area contributed by atoms with Crippen LogP contribution in [0.5, 0.6) is 0 Å². The maximum absolute atomic E-state index is 7.05. The van der Waals surface area contributed by atoms with Crippen molar-refractivity contribution in [2.75, 3.05) is 0 Å². The lowest BCUT2D eigenvalue weighted by Crippen LogP contribution is -2.32. The second-order valence-corrected chi connectivity index (χ2v) is 22.4. The molecule has 1 aliphatic rings. The number of aromatic nitrogens is 1. The number of nitrogens with zero attached hydrogens (tertiary/aromatic N) is 1. The third-order valence-electron chi connectivity index (χ3n) is 17.6. The Labute approximate surface area is 486 Å². The monoisotopic (exact) mass is 1070 g/mol. The molecule has 0 atom stereocenters. The molecule has 0 N–H and O–H groups in total. The van der Waals surface area contributed by atoms with Crippen molar-refractivity contribution in [3.8, 4) is 83.6 Å². The van der Waals surface area contributed by atoms with Gasteiger partial charge in [0.05, 0.1) is 11.0 Å². The molecule has 1 aliphatic heterocycles. The average Bonchev–Trinajstić information content (AvgIpc) is 2.79. The zero-order valence-corrected chi connectivity index (χ0v) is 46.1. The zero-order chi connectivity index (χ0) is 55.4. The van der Waals surface area contributed by atoms with Crippen LogP contribution < -0.4 is 10.4 Å². The van der Waals surface area contributed by atoms with Gasteiger partial charge in [-0.3, -0.25) is 0 Å². The summed E-state index contributed by atoms with van der Waals surface area (Å²) in [5.74, 6) is 2.33. The molecule has 13 aromatic carbocycles. The fourth-order valence-electron chi connectivity index (χ4n) is 13.7. The highest BCUT2D eigenvalue weighted by atomic mass is 16.3. The Balaban J connectivity index is 0.860. The Morgan fingerprint density at radius 2 is 0.738 bits per heavy atom. The van der Waals surface area contributed by atoms with Gasteiger partial charge in [-0.05, 0) is 114 Å². The fraction of sp³-hybridized carbons (Fsp3) is 0.0250. The van der Waals surface area contributed by atoms with Crippen LogP contribution in [0.3, 0.4) is 0 Å². The van der Waals surface area contributed by atoms with E-state index in [1.807, 2.05) is 0 Å². The molecule has 0 spiro atoms. The Kier molecular flexibility index (Phi) is 11.0. The molecule has 84 heavy (non-hydrogen) atoms. The molecule has 0 aliphatic carbocycles. The van der Waals surface area contributed by atoms with E-state index in [-0.39, 0.29) is 0 Å². The number of aryl methyl sites for hydroxylation is 1. The second-order valence-electron chi connectivity index (χ2n) is 22.4. The van der Waals surface area contributed by atoms with Gasteiger partial charge < -0.3 is 13.4 Å². The number of rotatable bonds is 8. The predicted octanol–water partition coefficient (Wildman–Crippen LogP) is 20.4. The molecule has 4 heteroatoms. The standard InChI is InChI=1S/C80H51BNO2/c1-49-16-11-23-55(44-49)60-25-13-29-69-70-31-15-27-62(80(70)84-78(60)69)57-36-40-64-63-39-35-56(61-26-14-30-68-67-28-12-24-59(77(67)83-79(61)68)51-17-5-2-6-18-51)46-73(63)82(74(64)47-57)58-37-32-50(33-38-58)54-34-41-65-71(45-54)75(52-19-7-3-8-20-52)66-42-43-81-48-72(66)76(65)53-21-9-4-10-22-53/h2-42,44-48H,43H2,1H3. The predicted molar refractivity (Wildman–Crippen MR) is 354 cm³/mol. The molecule has 0 bridgehead atoms. The molecule has 4 heterocycles. The lowest BCUT2D eigenvalue weighted by atomic mass is 9.69. The number of furan rings is 2. The van der Waals surface area contributed by atoms with Gasteiger partial charge in [-0.15, -0.1) is 5.98 Å². The normalized spacial score (nSPS) is 12.3. The van der Waals surface area contributed by atoms with Crippen LogP contribution in [-0.2, 0) is 0 Å². The van der Waals surface area contributed by atoms with E-state index in [2.05, 4.69) is 298 Å². The number of fused-ring (bicyclic) bond motifs is 11. The summed E-state index contributed by atoms with van der Waals surface area (Å²) in [6.45, 7) is 2.14. The minimum Gasteiger partial charge on any atom is -0.455 e. The molecular formula is C80H51BNO2. The van der Waals surface area contributed by atoms with Gasteiger partial charge in [0.1, 0.15) is 29.6 Å². The lowest BCUT2D eigenvalue weighted by molar-refractivity contribution is 0.670. The van der Waals surface area contributed by atoms with E-state index in [0.717, 1.165) is 117 Å². The zero-order valence-electron chi connectivity index (χ0n) is 46.1. The third-order valence-corrected chi connectivity index (χ3v) is 17.6. The van der Waals surface area contributed by atoms with Crippen molar-refractivity contribution in [1.29, 1.82) is 0 Å². The van der Waals surface area contributed by atoms with E-state index in [0.29, 0.717) is 0 Å². The highest BCUT2D eigenvalue weighted by Crippen LogP contribution is 2.45. The molecule has 16 aromatic rings. The number of hydrogen-bond acceptors (Lipinski definition) is 2. The highest BCUT2D eigenvalue weighted by molar-refractivity contribution is 6.55. The lowest BCUT2D eigenvalue weighted by Gasteiger charge is -2.18. The molecule has 0 unspecified atom stereocenters. The van der Waals surface area contributed by atoms with Crippen molar-refractivity contribution in [1.82, 2.24) is 4.57 Å². The molecule has 1 radical (unpaired) electrons. The van der Waals surface area contributed by atoms with E-state index >= 15 is 0 Å². The number of para-hydroxylation sites is 4. The summed E-state index contributed by atoms with van der Waals surface area (Å²) < 4.78 is 16.5. The van der Waals surface area contributed by atoms with E-state index in [9.17, 15) is 0 Å². The maximum Gasteiger partial charge on any atom is 0.146 e. The largest absolute Gasteiger partial charge is 0.455 e. The van der Waals surface area contributed by atoms with Gasteiger partial charge in [0.2, 0.25) is 0 Å². The second kappa shape index (κ2) is 19.2. The molecule has 391 valence electrons. The van der Waals surface area contributed by atoms with Crippen LogP contribution >= 0.6 is 0 Å². The van der Waals surface area contributed by atoms with E-state index in [1.165, 1.54) is 65.4 Å².